The molecule has 0 aliphatic heterocycles. The summed E-state index contributed by atoms with van der Waals surface area (Å²) in [4.78, 5) is 36.7. The van der Waals surface area contributed by atoms with Gasteiger partial charge < -0.3 is 19.8 Å². The Balaban J connectivity index is 1.56. The van der Waals surface area contributed by atoms with Gasteiger partial charge in [0.1, 0.15) is 0 Å². The molecule has 0 bridgehead atoms. The van der Waals surface area contributed by atoms with Crippen LogP contribution in [-0.2, 0) is 9.53 Å². The van der Waals surface area contributed by atoms with Gasteiger partial charge in [0, 0.05) is 10.2 Å². The Labute approximate surface area is 187 Å². The molecule has 0 aliphatic rings. The predicted octanol–water partition coefficient (Wildman–Crippen LogP) is 4.64. The molecule has 8 heteroatoms. The van der Waals surface area contributed by atoms with Crippen LogP contribution in [0.1, 0.15) is 45.0 Å². The largest absolute Gasteiger partial charge is 0.459 e. The fourth-order valence-corrected chi connectivity index (χ4v) is 3.07. The number of amides is 2. The average molecular weight is 485 g/mol. The van der Waals surface area contributed by atoms with Gasteiger partial charge in [-0.25, -0.2) is 4.79 Å². The number of furan rings is 1. The summed E-state index contributed by atoms with van der Waals surface area (Å²) in [7, 11) is 0. The van der Waals surface area contributed by atoms with Crippen molar-refractivity contribution in [3.05, 3.63) is 87.8 Å². The van der Waals surface area contributed by atoms with Crippen LogP contribution < -0.4 is 10.6 Å². The maximum absolute atomic E-state index is 12.4. The average Bonchev–Trinajstić information content (AvgIpc) is 3.29. The van der Waals surface area contributed by atoms with E-state index in [1.54, 1.807) is 25.1 Å². The molecule has 1 unspecified atom stereocenters. The number of carbonyl (C=O) groups is 3. The van der Waals surface area contributed by atoms with Crippen LogP contribution in [0.15, 0.2) is 69.8 Å². The van der Waals surface area contributed by atoms with Crippen molar-refractivity contribution < 1.29 is 23.5 Å². The minimum atomic E-state index is -0.667. The van der Waals surface area contributed by atoms with E-state index in [-0.39, 0.29) is 17.4 Å². The summed E-state index contributed by atoms with van der Waals surface area (Å²) in [5.74, 6) is -1.36. The smallest absolute Gasteiger partial charge is 0.338 e. The van der Waals surface area contributed by atoms with Gasteiger partial charge in [0.2, 0.25) is 0 Å². The Kier molecular flexibility index (Phi) is 7.25. The highest BCUT2D eigenvalue weighted by atomic mass is 79.9. The second-order valence-electron chi connectivity index (χ2n) is 6.88. The highest BCUT2D eigenvalue weighted by molar-refractivity contribution is 9.10. The van der Waals surface area contributed by atoms with Crippen LogP contribution in [0.25, 0.3) is 0 Å². The first-order valence-corrected chi connectivity index (χ1v) is 10.3. The summed E-state index contributed by atoms with van der Waals surface area (Å²) < 4.78 is 11.1. The van der Waals surface area contributed by atoms with Crippen LogP contribution in [0.2, 0.25) is 0 Å². The van der Waals surface area contributed by atoms with Gasteiger partial charge in [-0.2, -0.15) is 0 Å². The number of hydrogen-bond acceptors (Lipinski definition) is 5. The Morgan fingerprint density at radius 3 is 2.52 bits per heavy atom. The second kappa shape index (κ2) is 10.1. The lowest BCUT2D eigenvalue weighted by molar-refractivity contribution is -0.124. The van der Waals surface area contributed by atoms with Gasteiger partial charge in [-0.1, -0.05) is 34.1 Å². The van der Waals surface area contributed by atoms with Crippen LogP contribution in [0.3, 0.4) is 0 Å². The first-order valence-electron chi connectivity index (χ1n) is 9.51. The molecule has 1 heterocycles. The lowest BCUT2D eigenvalue weighted by atomic mass is 10.1. The Bertz CT molecular complexity index is 1080. The molecule has 2 amide bonds. The number of aryl methyl sites for hydroxylation is 1. The van der Waals surface area contributed by atoms with E-state index >= 15 is 0 Å². The molecule has 2 N–H and O–H groups in total. The van der Waals surface area contributed by atoms with Gasteiger partial charge in [0.25, 0.3) is 11.8 Å². The van der Waals surface area contributed by atoms with Crippen molar-refractivity contribution >= 4 is 39.4 Å². The van der Waals surface area contributed by atoms with Gasteiger partial charge in [-0.05, 0) is 61.4 Å². The molecule has 2 aromatic carbocycles. The molecule has 7 nitrogen and oxygen atoms in total. The van der Waals surface area contributed by atoms with E-state index in [0.717, 1.165) is 15.6 Å². The molecule has 0 spiro atoms. The third-order valence-corrected chi connectivity index (χ3v) is 5.08. The Morgan fingerprint density at radius 2 is 1.84 bits per heavy atom. The number of nitrogens with one attached hydrogen (secondary N) is 2. The lowest BCUT2D eigenvalue weighted by Crippen LogP contribution is -2.31. The number of esters is 1. The third-order valence-electron chi connectivity index (χ3n) is 4.55. The fraction of sp³-hybridized carbons (Fsp3) is 0.174. The number of benzene rings is 2. The lowest BCUT2D eigenvalue weighted by Gasteiger charge is -2.15. The molecule has 1 aromatic heterocycles. The molecule has 0 radical (unpaired) electrons. The van der Waals surface area contributed by atoms with Crippen molar-refractivity contribution in [2.45, 2.75) is 19.9 Å². The van der Waals surface area contributed by atoms with Crippen molar-refractivity contribution in [1.29, 1.82) is 0 Å². The van der Waals surface area contributed by atoms with E-state index in [1.807, 2.05) is 31.2 Å². The minimum Gasteiger partial charge on any atom is -0.459 e. The number of halogens is 1. The highest BCUT2D eigenvalue weighted by Gasteiger charge is 2.16. The number of rotatable bonds is 7. The molecular formula is C23H21BrN2O5. The molecule has 0 aliphatic carbocycles. The predicted molar refractivity (Wildman–Crippen MR) is 119 cm³/mol. The zero-order valence-corrected chi connectivity index (χ0v) is 18.6. The van der Waals surface area contributed by atoms with Crippen molar-refractivity contribution in [2.24, 2.45) is 0 Å². The Morgan fingerprint density at radius 1 is 1.10 bits per heavy atom. The van der Waals surface area contributed by atoms with E-state index in [4.69, 9.17) is 9.15 Å². The maximum Gasteiger partial charge on any atom is 0.338 e. The molecule has 3 rings (SSSR count). The van der Waals surface area contributed by atoms with E-state index < -0.39 is 24.4 Å². The van der Waals surface area contributed by atoms with Crippen molar-refractivity contribution in [1.82, 2.24) is 5.32 Å². The van der Waals surface area contributed by atoms with Crippen LogP contribution in [0.5, 0.6) is 0 Å². The van der Waals surface area contributed by atoms with E-state index in [1.165, 1.54) is 18.4 Å². The van der Waals surface area contributed by atoms with Gasteiger partial charge in [-0.3, -0.25) is 9.59 Å². The van der Waals surface area contributed by atoms with Crippen LogP contribution in [-0.4, -0.2) is 24.4 Å². The fourth-order valence-electron chi connectivity index (χ4n) is 2.81. The van der Waals surface area contributed by atoms with Gasteiger partial charge >= 0.3 is 5.97 Å². The highest BCUT2D eigenvalue weighted by Crippen LogP contribution is 2.19. The molecule has 0 saturated heterocycles. The van der Waals surface area contributed by atoms with Gasteiger partial charge in [-0.15, -0.1) is 0 Å². The van der Waals surface area contributed by atoms with Crippen LogP contribution in [0, 0.1) is 6.92 Å². The van der Waals surface area contributed by atoms with E-state index in [0.29, 0.717) is 5.69 Å². The number of carbonyl (C=O) groups excluding carboxylic acids is 3. The third kappa shape index (κ3) is 6.05. The molecule has 0 fully saturated rings. The topological polar surface area (TPSA) is 97.6 Å². The summed E-state index contributed by atoms with van der Waals surface area (Å²) in [6, 6.07) is 15.2. The molecule has 3 aromatic rings. The zero-order valence-electron chi connectivity index (χ0n) is 17.0. The molecule has 0 saturated carbocycles. The standard InChI is InChI=1S/C23H21BrN2O5/c1-14-5-6-17(12-19(14)26-22(28)20-4-3-11-30-20)23(29)31-13-21(27)25-15(2)16-7-9-18(24)10-8-16/h3-12,15H,13H2,1-2H3,(H,25,27)(H,26,28). The zero-order chi connectivity index (χ0) is 22.4. The minimum absolute atomic E-state index is 0.156. The summed E-state index contributed by atoms with van der Waals surface area (Å²) in [5, 5.41) is 5.48. The normalized spacial score (nSPS) is 11.5. The van der Waals surface area contributed by atoms with Gasteiger partial charge in [0.05, 0.1) is 17.9 Å². The molecule has 1 atom stereocenters. The quantitative estimate of drug-likeness (QED) is 0.476. The number of anilines is 1. The second-order valence-corrected chi connectivity index (χ2v) is 7.79. The van der Waals surface area contributed by atoms with Crippen molar-refractivity contribution in [3.8, 4) is 0 Å². The summed E-state index contributed by atoms with van der Waals surface area (Å²) in [6.45, 7) is 3.22. The molecule has 160 valence electrons. The summed E-state index contributed by atoms with van der Waals surface area (Å²) in [5.41, 5.74) is 2.36. The van der Waals surface area contributed by atoms with Crippen LogP contribution in [0.4, 0.5) is 5.69 Å². The Hall–Kier alpha value is -3.39. The van der Waals surface area contributed by atoms with Crippen molar-refractivity contribution in [2.75, 3.05) is 11.9 Å². The SMILES string of the molecule is Cc1ccc(C(=O)OCC(=O)NC(C)c2ccc(Br)cc2)cc1NC(=O)c1ccco1. The monoisotopic (exact) mass is 484 g/mol. The number of ether oxygens (including phenoxy) is 1. The molecular weight excluding hydrogens is 464 g/mol. The summed E-state index contributed by atoms with van der Waals surface area (Å²) in [6.07, 6.45) is 1.40. The van der Waals surface area contributed by atoms with Crippen LogP contribution >= 0.6 is 15.9 Å². The first kappa shape index (κ1) is 22.3. The molecule has 31 heavy (non-hydrogen) atoms. The van der Waals surface area contributed by atoms with E-state index in [2.05, 4.69) is 26.6 Å². The number of hydrogen-bond donors (Lipinski definition) is 2. The van der Waals surface area contributed by atoms with E-state index in [9.17, 15) is 14.4 Å². The maximum atomic E-state index is 12.4. The van der Waals surface area contributed by atoms with Crippen molar-refractivity contribution in [3.63, 3.8) is 0 Å². The van der Waals surface area contributed by atoms with Gasteiger partial charge in [0.15, 0.2) is 12.4 Å². The summed E-state index contributed by atoms with van der Waals surface area (Å²) >= 11 is 3.37. The first-order chi connectivity index (χ1) is 14.8.